The van der Waals surface area contributed by atoms with Gasteiger partial charge in [0, 0.05) is 10.0 Å². The first-order chi connectivity index (χ1) is 8.60. The standard InChI is InChI=1S/C15H14BrClO/c1-10-3-4-11(2)14(7-10)18-15-8-13(16)6-5-12(15)9-17/h3-8H,9H2,1-2H3. The number of hydrogen-bond acceptors (Lipinski definition) is 1. The molecule has 0 aliphatic rings. The minimum absolute atomic E-state index is 0.438. The van der Waals surface area contributed by atoms with Gasteiger partial charge < -0.3 is 4.74 Å². The monoisotopic (exact) mass is 324 g/mol. The van der Waals surface area contributed by atoms with E-state index >= 15 is 0 Å². The van der Waals surface area contributed by atoms with Crippen molar-refractivity contribution in [3.63, 3.8) is 0 Å². The van der Waals surface area contributed by atoms with Crippen LogP contribution in [0.15, 0.2) is 40.9 Å². The second kappa shape index (κ2) is 5.77. The van der Waals surface area contributed by atoms with Gasteiger partial charge in [0.25, 0.3) is 0 Å². The van der Waals surface area contributed by atoms with Crippen LogP contribution in [0.1, 0.15) is 16.7 Å². The Morgan fingerprint density at radius 3 is 2.56 bits per heavy atom. The van der Waals surface area contributed by atoms with Crippen LogP contribution < -0.4 is 4.74 Å². The Bertz CT molecular complexity index is 566. The lowest BCUT2D eigenvalue weighted by Gasteiger charge is -2.12. The van der Waals surface area contributed by atoms with Gasteiger partial charge in [-0.3, -0.25) is 0 Å². The molecule has 0 unspecified atom stereocenters. The van der Waals surface area contributed by atoms with Crippen molar-refractivity contribution < 1.29 is 4.74 Å². The smallest absolute Gasteiger partial charge is 0.132 e. The Morgan fingerprint density at radius 1 is 1.06 bits per heavy atom. The highest BCUT2D eigenvalue weighted by Crippen LogP contribution is 2.31. The van der Waals surface area contributed by atoms with Crippen molar-refractivity contribution in [3.05, 3.63) is 57.6 Å². The number of alkyl halides is 1. The SMILES string of the molecule is Cc1ccc(C)c(Oc2cc(Br)ccc2CCl)c1. The van der Waals surface area contributed by atoms with Gasteiger partial charge >= 0.3 is 0 Å². The van der Waals surface area contributed by atoms with Crippen LogP contribution in [0.3, 0.4) is 0 Å². The number of ether oxygens (including phenoxy) is 1. The summed E-state index contributed by atoms with van der Waals surface area (Å²) < 4.78 is 6.96. The van der Waals surface area contributed by atoms with Crippen molar-refractivity contribution in [1.82, 2.24) is 0 Å². The summed E-state index contributed by atoms with van der Waals surface area (Å²) in [6.07, 6.45) is 0. The quantitative estimate of drug-likeness (QED) is 0.668. The lowest BCUT2D eigenvalue weighted by atomic mass is 10.1. The molecule has 0 saturated carbocycles. The summed E-state index contributed by atoms with van der Waals surface area (Å²) in [5.41, 5.74) is 3.28. The predicted molar refractivity (Wildman–Crippen MR) is 79.7 cm³/mol. The summed E-state index contributed by atoms with van der Waals surface area (Å²) in [7, 11) is 0. The maximum Gasteiger partial charge on any atom is 0.132 e. The topological polar surface area (TPSA) is 9.23 Å². The molecule has 0 radical (unpaired) electrons. The maximum atomic E-state index is 5.98. The Hall–Kier alpha value is -0.990. The molecule has 0 aliphatic carbocycles. The second-order valence-corrected chi connectivity index (χ2v) is 5.44. The molecule has 0 aliphatic heterocycles. The van der Waals surface area contributed by atoms with E-state index < -0.39 is 0 Å². The van der Waals surface area contributed by atoms with E-state index in [2.05, 4.69) is 35.0 Å². The zero-order valence-electron chi connectivity index (χ0n) is 10.3. The minimum atomic E-state index is 0.438. The summed E-state index contributed by atoms with van der Waals surface area (Å²) in [5, 5.41) is 0. The van der Waals surface area contributed by atoms with E-state index in [9.17, 15) is 0 Å². The van der Waals surface area contributed by atoms with Crippen LogP contribution in [0.5, 0.6) is 11.5 Å². The normalized spacial score (nSPS) is 10.4. The van der Waals surface area contributed by atoms with Gasteiger partial charge in [-0.2, -0.15) is 0 Å². The largest absolute Gasteiger partial charge is 0.457 e. The second-order valence-electron chi connectivity index (χ2n) is 4.26. The Labute approximate surface area is 121 Å². The van der Waals surface area contributed by atoms with E-state index in [0.717, 1.165) is 27.1 Å². The third-order valence-electron chi connectivity index (χ3n) is 2.74. The van der Waals surface area contributed by atoms with Crippen molar-refractivity contribution in [1.29, 1.82) is 0 Å². The van der Waals surface area contributed by atoms with Crippen molar-refractivity contribution in [2.24, 2.45) is 0 Å². The number of aryl methyl sites for hydroxylation is 2. The van der Waals surface area contributed by atoms with Crippen molar-refractivity contribution in [3.8, 4) is 11.5 Å². The van der Waals surface area contributed by atoms with Crippen LogP contribution in [-0.2, 0) is 5.88 Å². The fraction of sp³-hybridized carbons (Fsp3) is 0.200. The Balaban J connectivity index is 2.38. The van der Waals surface area contributed by atoms with Crippen molar-refractivity contribution in [2.75, 3.05) is 0 Å². The van der Waals surface area contributed by atoms with Crippen LogP contribution in [-0.4, -0.2) is 0 Å². The zero-order valence-corrected chi connectivity index (χ0v) is 12.7. The molecule has 0 amide bonds. The third kappa shape index (κ3) is 3.06. The van der Waals surface area contributed by atoms with Gasteiger partial charge in [-0.1, -0.05) is 34.1 Å². The number of rotatable bonds is 3. The van der Waals surface area contributed by atoms with E-state index in [1.165, 1.54) is 5.56 Å². The predicted octanol–water partition coefficient (Wildman–Crippen LogP) is 5.60. The number of halogens is 2. The first-order valence-electron chi connectivity index (χ1n) is 5.69. The van der Waals surface area contributed by atoms with Gasteiger partial charge in [0.15, 0.2) is 0 Å². The summed E-state index contributed by atoms with van der Waals surface area (Å²) in [4.78, 5) is 0. The summed E-state index contributed by atoms with van der Waals surface area (Å²) in [6.45, 7) is 4.09. The molecule has 0 fully saturated rings. The van der Waals surface area contributed by atoms with E-state index in [4.69, 9.17) is 16.3 Å². The van der Waals surface area contributed by atoms with Crippen LogP contribution in [0.4, 0.5) is 0 Å². The highest BCUT2D eigenvalue weighted by atomic mass is 79.9. The maximum absolute atomic E-state index is 5.98. The van der Waals surface area contributed by atoms with Gasteiger partial charge in [-0.25, -0.2) is 0 Å². The van der Waals surface area contributed by atoms with Gasteiger partial charge in [0.1, 0.15) is 11.5 Å². The van der Waals surface area contributed by atoms with Gasteiger partial charge in [0.2, 0.25) is 0 Å². The molecule has 18 heavy (non-hydrogen) atoms. The molecule has 0 atom stereocenters. The molecule has 3 heteroatoms. The Morgan fingerprint density at radius 2 is 1.83 bits per heavy atom. The van der Waals surface area contributed by atoms with E-state index in [-0.39, 0.29) is 0 Å². The molecule has 1 nitrogen and oxygen atoms in total. The van der Waals surface area contributed by atoms with Crippen LogP contribution in [0, 0.1) is 13.8 Å². The molecule has 2 aromatic rings. The molecule has 0 heterocycles. The highest BCUT2D eigenvalue weighted by Gasteiger charge is 2.07. The lowest BCUT2D eigenvalue weighted by Crippen LogP contribution is -1.92. The zero-order chi connectivity index (χ0) is 13.1. The van der Waals surface area contributed by atoms with E-state index in [1.807, 2.05) is 31.2 Å². The van der Waals surface area contributed by atoms with Gasteiger partial charge in [-0.15, -0.1) is 11.6 Å². The lowest BCUT2D eigenvalue weighted by molar-refractivity contribution is 0.474. The minimum Gasteiger partial charge on any atom is -0.457 e. The van der Waals surface area contributed by atoms with Crippen LogP contribution in [0.2, 0.25) is 0 Å². The Kier molecular flexibility index (Phi) is 4.31. The average Bonchev–Trinajstić information content (AvgIpc) is 2.34. The molecular weight excluding hydrogens is 312 g/mol. The van der Waals surface area contributed by atoms with Crippen molar-refractivity contribution in [2.45, 2.75) is 19.7 Å². The molecule has 0 saturated heterocycles. The highest BCUT2D eigenvalue weighted by molar-refractivity contribution is 9.10. The van der Waals surface area contributed by atoms with E-state index in [0.29, 0.717) is 5.88 Å². The summed E-state index contributed by atoms with van der Waals surface area (Å²) in [5.74, 6) is 2.11. The first-order valence-corrected chi connectivity index (χ1v) is 7.02. The fourth-order valence-electron chi connectivity index (χ4n) is 1.67. The average molecular weight is 326 g/mol. The molecule has 2 rings (SSSR count). The third-order valence-corrected chi connectivity index (χ3v) is 3.52. The summed E-state index contributed by atoms with van der Waals surface area (Å²) in [6, 6.07) is 12.0. The number of benzene rings is 2. The first kappa shape index (κ1) is 13.4. The van der Waals surface area contributed by atoms with Gasteiger partial charge in [-0.05, 0) is 43.2 Å². The molecule has 0 bridgehead atoms. The van der Waals surface area contributed by atoms with Crippen LogP contribution >= 0.6 is 27.5 Å². The molecule has 0 spiro atoms. The molecule has 94 valence electrons. The van der Waals surface area contributed by atoms with Gasteiger partial charge in [0.05, 0.1) is 5.88 Å². The molecule has 0 aromatic heterocycles. The molecular formula is C15H14BrClO. The summed E-state index contributed by atoms with van der Waals surface area (Å²) >= 11 is 9.38. The molecule has 0 N–H and O–H groups in total. The number of hydrogen-bond donors (Lipinski definition) is 0. The fourth-order valence-corrected chi connectivity index (χ4v) is 2.23. The van der Waals surface area contributed by atoms with Crippen molar-refractivity contribution >= 4 is 27.5 Å². The van der Waals surface area contributed by atoms with E-state index in [1.54, 1.807) is 0 Å². The van der Waals surface area contributed by atoms with Crippen LogP contribution in [0.25, 0.3) is 0 Å². The molecule has 2 aromatic carbocycles.